The first-order chi connectivity index (χ1) is 10.0. The Labute approximate surface area is 131 Å². The molecule has 2 N–H and O–H groups in total. The molecule has 2 atom stereocenters. The van der Waals surface area contributed by atoms with E-state index >= 15 is 0 Å². The molecule has 116 valence electrons. The van der Waals surface area contributed by atoms with Gasteiger partial charge in [0.15, 0.2) is 0 Å². The van der Waals surface area contributed by atoms with Crippen molar-refractivity contribution in [3.8, 4) is 0 Å². The van der Waals surface area contributed by atoms with E-state index in [9.17, 15) is 9.90 Å². The van der Waals surface area contributed by atoms with Crippen LogP contribution in [0.1, 0.15) is 24.8 Å². The van der Waals surface area contributed by atoms with Gasteiger partial charge in [0.1, 0.15) is 0 Å². The van der Waals surface area contributed by atoms with Crippen molar-refractivity contribution >= 4 is 17.5 Å². The van der Waals surface area contributed by atoms with Gasteiger partial charge in [-0.15, -0.1) is 0 Å². The molecule has 0 bridgehead atoms. The van der Waals surface area contributed by atoms with Crippen LogP contribution in [-0.2, 0) is 11.3 Å². The highest BCUT2D eigenvalue weighted by atomic mass is 35.5. The molecule has 2 unspecified atom stereocenters. The summed E-state index contributed by atoms with van der Waals surface area (Å²) in [7, 11) is 1.92. The minimum absolute atomic E-state index is 0.0000586. The Balaban J connectivity index is 1.70. The predicted octanol–water partition coefficient (Wildman–Crippen LogP) is 2.05. The third-order valence-corrected chi connectivity index (χ3v) is 4.23. The molecule has 1 saturated carbocycles. The lowest BCUT2D eigenvalue weighted by Gasteiger charge is -2.22. The van der Waals surface area contributed by atoms with Gasteiger partial charge in [0, 0.05) is 18.1 Å². The fourth-order valence-electron chi connectivity index (χ4n) is 2.80. The number of benzene rings is 1. The monoisotopic (exact) mass is 310 g/mol. The number of carbonyl (C=O) groups excluding carboxylic acids is 1. The Kier molecular flexibility index (Phi) is 6.03. The number of hydrogen-bond acceptors (Lipinski definition) is 3. The van der Waals surface area contributed by atoms with Crippen LogP contribution in [0, 0.1) is 5.92 Å². The maximum absolute atomic E-state index is 11.9. The van der Waals surface area contributed by atoms with Gasteiger partial charge in [0.25, 0.3) is 0 Å². The molecule has 1 fully saturated rings. The van der Waals surface area contributed by atoms with Crippen LogP contribution >= 0.6 is 11.6 Å². The average molecular weight is 311 g/mol. The van der Waals surface area contributed by atoms with Crippen molar-refractivity contribution in [2.75, 3.05) is 20.1 Å². The first-order valence-corrected chi connectivity index (χ1v) is 7.80. The smallest absolute Gasteiger partial charge is 0.234 e. The van der Waals surface area contributed by atoms with E-state index in [-0.39, 0.29) is 12.0 Å². The number of aliphatic hydroxyl groups excluding tert-OH is 1. The lowest BCUT2D eigenvalue weighted by molar-refractivity contribution is -0.122. The number of aliphatic hydroxyl groups is 1. The number of carbonyl (C=O) groups is 1. The second kappa shape index (κ2) is 7.78. The van der Waals surface area contributed by atoms with Crippen LogP contribution < -0.4 is 5.32 Å². The van der Waals surface area contributed by atoms with Gasteiger partial charge in [0.2, 0.25) is 5.91 Å². The summed E-state index contributed by atoms with van der Waals surface area (Å²) in [6.45, 7) is 1.64. The zero-order valence-corrected chi connectivity index (χ0v) is 13.1. The van der Waals surface area contributed by atoms with E-state index in [2.05, 4.69) is 5.32 Å². The summed E-state index contributed by atoms with van der Waals surface area (Å²) in [6.07, 6.45) is 2.83. The van der Waals surface area contributed by atoms with E-state index in [1.165, 1.54) is 0 Å². The molecule has 1 aliphatic carbocycles. The summed E-state index contributed by atoms with van der Waals surface area (Å²) in [6, 6.07) is 7.44. The largest absolute Gasteiger partial charge is 0.393 e. The first kappa shape index (κ1) is 16.3. The Morgan fingerprint density at radius 2 is 2.10 bits per heavy atom. The van der Waals surface area contributed by atoms with E-state index < -0.39 is 0 Å². The zero-order valence-electron chi connectivity index (χ0n) is 12.4. The fourth-order valence-corrected chi connectivity index (χ4v) is 2.93. The summed E-state index contributed by atoms with van der Waals surface area (Å²) in [4.78, 5) is 13.9. The summed E-state index contributed by atoms with van der Waals surface area (Å²) < 4.78 is 0. The highest BCUT2D eigenvalue weighted by Gasteiger charge is 2.26. The van der Waals surface area contributed by atoms with Crippen molar-refractivity contribution in [3.63, 3.8) is 0 Å². The third kappa shape index (κ3) is 5.30. The van der Waals surface area contributed by atoms with Crippen LogP contribution in [-0.4, -0.2) is 42.2 Å². The van der Waals surface area contributed by atoms with Crippen molar-refractivity contribution in [2.24, 2.45) is 5.92 Å². The Morgan fingerprint density at radius 3 is 2.71 bits per heavy atom. The summed E-state index contributed by atoms with van der Waals surface area (Å²) >= 11 is 5.82. The van der Waals surface area contributed by atoms with Crippen LogP contribution in [0.3, 0.4) is 0 Å². The maximum atomic E-state index is 11.9. The highest BCUT2D eigenvalue weighted by molar-refractivity contribution is 6.30. The topological polar surface area (TPSA) is 52.6 Å². The molecule has 0 radical (unpaired) electrons. The van der Waals surface area contributed by atoms with Gasteiger partial charge in [-0.2, -0.15) is 0 Å². The van der Waals surface area contributed by atoms with E-state index in [1.54, 1.807) is 0 Å². The Morgan fingerprint density at radius 1 is 1.38 bits per heavy atom. The molecule has 1 aliphatic rings. The van der Waals surface area contributed by atoms with E-state index in [0.29, 0.717) is 24.0 Å². The first-order valence-electron chi connectivity index (χ1n) is 7.42. The van der Waals surface area contributed by atoms with E-state index in [4.69, 9.17) is 11.6 Å². The normalized spacial score (nSPS) is 21.7. The van der Waals surface area contributed by atoms with Crippen molar-refractivity contribution in [1.29, 1.82) is 0 Å². The quantitative estimate of drug-likeness (QED) is 0.845. The standard InChI is InChI=1S/C16H23ClN2O2/c1-19(10-13-3-2-4-15(13)20)11-16(21)18-9-12-5-7-14(17)8-6-12/h5-8,13,15,20H,2-4,9-11H2,1H3,(H,18,21). The van der Waals surface area contributed by atoms with Gasteiger partial charge in [-0.1, -0.05) is 30.2 Å². The average Bonchev–Trinajstić information content (AvgIpc) is 2.83. The summed E-state index contributed by atoms with van der Waals surface area (Å²) in [5.41, 5.74) is 1.03. The van der Waals surface area contributed by atoms with Crippen LogP contribution in [0.5, 0.6) is 0 Å². The molecule has 0 saturated heterocycles. The number of nitrogens with one attached hydrogen (secondary N) is 1. The molecule has 0 heterocycles. The van der Waals surface area contributed by atoms with Gasteiger partial charge >= 0.3 is 0 Å². The minimum Gasteiger partial charge on any atom is -0.393 e. The van der Waals surface area contributed by atoms with Crippen LogP contribution in [0.15, 0.2) is 24.3 Å². The van der Waals surface area contributed by atoms with Crippen molar-refractivity contribution in [3.05, 3.63) is 34.9 Å². The second-order valence-electron chi connectivity index (χ2n) is 5.86. The molecule has 21 heavy (non-hydrogen) atoms. The highest BCUT2D eigenvalue weighted by Crippen LogP contribution is 2.25. The van der Waals surface area contributed by atoms with Crippen LogP contribution in [0.25, 0.3) is 0 Å². The zero-order chi connectivity index (χ0) is 15.2. The van der Waals surface area contributed by atoms with Gasteiger partial charge in [-0.3, -0.25) is 9.69 Å². The molecular formula is C16H23ClN2O2. The molecule has 1 amide bonds. The minimum atomic E-state index is -0.204. The maximum Gasteiger partial charge on any atom is 0.234 e. The number of likely N-dealkylation sites (N-methyl/N-ethyl adjacent to an activating group) is 1. The lowest BCUT2D eigenvalue weighted by atomic mass is 10.1. The molecule has 1 aromatic rings. The number of nitrogens with zero attached hydrogens (tertiary/aromatic N) is 1. The number of amides is 1. The van der Waals surface area contributed by atoms with Crippen molar-refractivity contribution < 1.29 is 9.90 Å². The molecule has 5 heteroatoms. The molecule has 4 nitrogen and oxygen atoms in total. The molecule has 0 spiro atoms. The number of halogens is 1. The molecule has 2 rings (SSSR count). The third-order valence-electron chi connectivity index (χ3n) is 3.98. The van der Waals surface area contributed by atoms with E-state index in [0.717, 1.165) is 31.4 Å². The lowest BCUT2D eigenvalue weighted by Crippen LogP contribution is -2.38. The van der Waals surface area contributed by atoms with Gasteiger partial charge in [-0.05, 0) is 43.5 Å². The van der Waals surface area contributed by atoms with Crippen molar-refractivity contribution in [1.82, 2.24) is 10.2 Å². The Bertz CT molecular complexity index is 464. The summed E-state index contributed by atoms with van der Waals surface area (Å²) in [5, 5.41) is 13.4. The molecule has 1 aromatic carbocycles. The van der Waals surface area contributed by atoms with Gasteiger partial charge in [-0.25, -0.2) is 0 Å². The van der Waals surface area contributed by atoms with Gasteiger partial charge in [0.05, 0.1) is 12.6 Å². The fraction of sp³-hybridized carbons (Fsp3) is 0.562. The number of hydrogen-bond donors (Lipinski definition) is 2. The Hall–Kier alpha value is -1.10. The summed E-state index contributed by atoms with van der Waals surface area (Å²) in [5.74, 6) is 0.305. The molecule has 0 aromatic heterocycles. The molecular weight excluding hydrogens is 288 g/mol. The van der Waals surface area contributed by atoms with Crippen LogP contribution in [0.4, 0.5) is 0 Å². The van der Waals surface area contributed by atoms with Crippen molar-refractivity contribution in [2.45, 2.75) is 31.9 Å². The second-order valence-corrected chi connectivity index (χ2v) is 6.29. The van der Waals surface area contributed by atoms with Crippen LogP contribution in [0.2, 0.25) is 5.02 Å². The van der Waals surface area contributed by atoms with E-state index in [1.807, 2.05) is 36.2 Å². The van der Waals surface area contributed by atoms with Gasteiger partial charge < -0.3 is 10.4 Å². The SMILES string of the molecule is CN(CC(=O)NCc1ccc(Cl)cc1)CC1CCCC1O. The predicted molar refractivity (Wildman–Crippen MR) is 84.1 cm³/mol. The molecule has 0 aliphatic heterocycles. The number of rotatable bonds is 6.